The molecule has 1 saturated heterocycles. The van der Waals surface area contributed by atoms with Gasteiger partial charge in [0.05, 0.1) is 4.47 Å². The van der Waals surface area contributed by atoms with Gasteiger partial charge in [-0.2, -0.15) is 0 Å². The molecule has 1 aliphatic heterocycles. The van der Waals surface area contributed by atoms with E-state index in [-0.39, 0.29) is 17.5 Å². The standard InChI is InChI=1S/C13H17BrN2O4/c1-2-20-13(4-7-19-8-5-13)12(18)16-11-10(17)9(14)3-6-15-11/h3,6,17H,2,4-5,7-8H2,1H3,(H,15,16,18). The van der Waals surface area contributed by atoms with Gasteiger partial charge in [-0.25, -0.2) is 4.98 Å². The zero-order chi connectivity index (χ0) is 14.6. The molecule has 2 N–H and O–H groups in total. The van der Waals surface area contributed by atoms with Crippen molar-refractivity contribution in [2.45, 2.75) is 25.4 Å². The minimum Gasteiger partial charge on any atom is -0.503 e. The van der Waals surface area contributed by atoms with Crippen LogP contribution < -0.4 is 5.32 Å². The molecule has 0 atom stereocenters. The maximum Gasteiger partial charge on any atom is 0.258 e. The van der Waals surface area contributed by atoms with E-state index in [9.17, 15) is 9.90 Å². The first-order valence-electron chi connectivity index (χ1n) is 6.45. The number of amides is 1. The number of pyridine rings is 1. The van der Waals surface area contributed by atoms with Gasteiger partial charge in [-0.05, 0) is 28.9 Å². The zero-order valence-electron chi connectivity index (χ0n) is 11.2. The molecule has 110 valence electrons. The van der Waals surface area contributed by atoms with Crippen molar-refractivity contribution in [2.24, 2.45) is 0 Å². The number of carbonyl (C=O) groups excluding carboxylic acids is 1. The van der Waals surface area contributed by atoms with Gasteiger partial charge in [-0.15, -0.1) is 0 Å². The van der Waals surface area contributed by atoms with Crippen LogP contribution in [0, 0.1) is 0 Å². The number of anilines is 1. The number of aromatic nitrogens is 1. The summed E-state index contributed by atoms with van der Waals surface area (Å²) in [7, 11) is 0. The van der Waals surface area contributed by atoms with Gasteiger partial charge < -0.3 is 19.9 Å². The quantitative estimate of drug-likeness (QED) is 0.873. The Morgan fingerprint density at radius 1 is 1.60 bits per heavy atom. The maximum absolute atomic E-state index is 12.5. The van der Waals surface area contributed by atoms with Crippen LogP contribution in [0.2, 0.25) is 0 Å². The number of aromatic hydroxyl groups is 1. The number of hydrogen-bond acceptors (Lipinski definition) is 5. The van der Waals surface area contributed by atoms with Crippen molar-refractivity contribution in [3.63, 3.8) is 0 Å². The van der Waals surface area contributed by atoms with Crippen LogP contribution in [-0.2, 0) is 14.3 Å². The van der Waals surface area contributed by atoms with E-state index in [0.29, 0.717) is 37.1 Å². The van der Waals surface area contributed by atoms with E-state index in [1.807, 2.05) is 6.92 Å². The number of rotatable bonds is 4. The lowest BCUT2D eigenvalue weighted by Crippen LogP contribution is -2.49. The Labute approximate surface area is 125 Å². The summed E-state index contributed by atoms with van der Waals surface area (Å²) in [5, 5.41) is 12.5. The van der Waals surface area contributed by atoms with Crippen LogP contribution in [0.25, 0.3) is 0 Å². The molecular weight excluding hydrogens is 328 g/mol. The fourth-order valence-corrected chi connectivity index (χ4v) is 2.46. The van der Waals surface area contributed by atoms with Crippen LogP contribution in [-0.4, -0.2) is 41.4 Å². The van der Waals surface area contributed by atoms with E-state index in [1.165, 1.54) is 6.20 Å². The third kappa shape index (κ3) is 3.11. The average Bonchev–Trinajstić information content (AvgIpc) is 2.45. The molecule has 2 heterocycles. The molecule has 0 unspecified atom stereocenters. The molecule has 1 aromatic heterocycles. The maximum atomic E-state index is 12.5. The molecular formula is C13H17BrN2O4. The number of nitrogens with zero attached hydrogens (tertiary/aromatic N) is 1. The molecule has 0 spiro atoms. The lowest BCUT2D eigenvalue weighted by atomic mass is 9.93. The van der Waals surface area contributed by atoms with Crippen molar-refractivity contribution in [1.29, 1.82) is 0 Å². The predicted octanol–water partition coefficient (Wildman–Crippen LogP) is 2.07. The van der Waals surface area contributed by atoms with Crippen molar-refractivity contribution in [3.05, 3.63) is 16.7 Å². The third-order valence-electron chi connectivity index (χ3n) is 3.24. The molecule has 7 heteroatoms. The Kier molecular flexibility index (Phi) is 4.95. The Bertz CT molecular complexity index is 484. The number of hydrogen-bond donors (Lipinski definition) is 2. The van der Waals surface area contributed by atoms with Gasteiger partial charge in [0.15, 0.2) is 17.2 Å². The van der Waals surface area contributed by atoms with Crippen molar-refractivity contribution < 1.29 is 19.4 Å². The summed E-state index contributed by atoms with van der Waals surface area (Å²) >= 11 is 3.18. The van der Waals surface area contributed by atoms with Gasteiger partial charge in [-0.3, -0.25) is 4.79 Å². The summed E-state index contributed by atoms with van der Waals surface area (Å²) in [5.41, 5.74) is -0.913. The normalized spacial score (nSPS) is 17.7. The second-order valence-electron chi connectivity index (χ2n) is 4.48. The monoisotopic (exact) mass is 344 g/mol. The molecule has 0 bridgehead atoms. The zero-order valence-corrected chi connectivity index (χ0v) is 12.8. The molecule has 0 aromatic carbocycles. The Balaban J connectivity index is 2.18. The van der Waals surface area contributed by atoms with Crippen LogP contribution in [0.4, 0.5) is 5.82 Å². The van der Waals surface area contributed by atoms with Gasteiger partial charge in [-0.1, -0.05) is 0 Å². The molecule has 1 fully saturated rings. The number of nitrogens with one attached hydrogen (secondary N) is 1. The van der Waals surface area contributed by atoms with Gasteiger partial charge in [0.1, 0.15) is 0 Å². The van der Waals surface area contributed by atoms with Crippen molar-refractivity contribution in [1.82, 2.24) is 4.98 Å². The average molecular weight is 345 g/mol. The first-order chi connectivity index (χ1) is 9.59. The van der Waals surface area contributed by atoms with Gasteiger partial charge >= 0.3 is 0 Å². The van der Waals surface area contributed by atoms with E-state index in [4.69, 9.17) is 9.47 Å². The summed E-state index contributed by atoms with van der Waals surface area (Å²) < 4.78 is 11.4. The van der Waals surface area contributed by atoms with Crippen molar-refractivity contribution in [3.8, 4) is 5.75 Å². The van der Waals surface area contributed by atoms with Gasteiger partial charge in [0, 0.05) is 38.9 Å². The molecule has 20 heavy (non-hydrogen) atoms. The molecule has 2 rings (SSSR count). The fourth-order valence-electron chi connectivity index (χ4n) is 2.16. The first kappa shape index (κ1) is 15.2. The molecule has 6 nitrogen and oxygen atoms in total. The Morgan fingerprint density at radius 2 is 2.30 bits per heavy atom. The molecule has 1 amide bonds. The van der Waals surface area contributed by atoms with E-state index in [0.717, 1.165) is 0 Å². The minimum atomic E-state index is -0.913. The number of halogens is 1. The molecule has 0 saturated carbocycles. The third-order valence-corrected chi connectivity index (χ3v) is 3.88. The number of carbonyl (C=O) groups is 1. The van der Waals surface area contributed by atoms with E-state index in [1.54, 1.807) is 6.07 Å². The van der Waals surface area contributed by atoms with Crippen LogP contribution >= 0.6 is 15.9 Å². The number of ether oxygens (including phenoxy) is 2. The largest absolute Gasteiger partial charge is 0.503 e. The fraction of sp³-hybridized carbons (Fsp3) is 0.538. The highest BCUT2D eigenvalue weighted by atomic mass is 79.9. The SMILES string of the molecule is CCOC1(C(=O)Nc2nccc(Br)c2O)CCOCC1. The Hall–Kier alpha value is -1.18. The molecule has 0 radical (unpaired) electrons. The summed E-state index contributed by atoms with van der Waals surface area (Å²) in [4.78, 5) is 16.5. The summed E-state index contributed by atoms with van der Waals surface area (Å²) in [6, 6.07) is 1.59. The van der Waals surface area contributed by atoms with Gasteiger partial charge in [0.2, 0.25) is 0 Å². The van der Waals surface area contributed by atoms with Crippen molar-refractivity contribution >= 4 is 27.7 Å². The summed E-state index contributed by atoms with van der Waals surface area (Å²) in [6.07, 6.45) is 2.47. The van der Waals surface area contributed by atoms with Crippen LogP contribution in [0.15, 0.2) is 16.7 Å². The van der Waals surface area contributed by atoms with Crippen LogP contribution in [0.1, 0.15) is 19.8 Å². The highest BCUT2D eigenvalue weighted by Crippen LogP contribution is 2.32. The molecule has 1 aliphatic rings. The minimum absolute atomic E-state index is 0.0976. The predicted molar refractivity (Wildman–Crippen MR) is 76.6 cm³/mol. The highest BCUT2D eigenvalue weighted by molar-refractivity contribution is 9.10. The Morgan fingerprint density at radius 3 is 2.95 bits per heavy atom. The van der Waals surface area contributed by atoms with Crippen LogP contribution in [0.5, 0.6) is 5.75 Å². The molecule has 0 aliphatic carbocycles. The molecule has 1 aromatic rings. The second kappa shape index (κ2) is 6.51. The smallest absolute Gasteiger partial charge is 0.258 e. The second-order valence-corrected chi connectivity index (χ2v) is 5.34. The summed E-state index contributed by atoms with van der Waals surface area (Å²) in [5.74, 6) is -0.280. The topological polar surface area (TPSA) is 80.7 Å². The summed E-state index contributed by atoms with van der Waals surface area (Å²) in [6.45, 7) is 3.24. The van der Waals surface area contributed by atoms with E-state index >= 15 is 0 Å². The highest BCUT2D eigenvalue weighted by Gasteiger charge is 2.41. The van der Waals surface area contributed by atoms with E-state index < -0.39 is 5.60 Å². The van der Waals surface area contributed by atoms with Crippen molar-refractivity contribution in [2.75, 3.05) is 25.1 Å². The van der Waals surface area contributed by atoms with Gasteiger partial charge in [0.25, 0.3) is 5.91 Å². The lowest BCUT2D eigenvalue weighted by Gasteiger charge is -2.35. The lowest BCUT2D eigenvalue weighted by molar-refractivity contribution is -0.154. The van der Waals surface area contributed by atoms with E-state index in [2.05, 4.69) is 26.2 Å². The van der Waals surface area contributed by atoms with Crippen LogP contribution in [0.3, 0.4) is 0 Å². The first-order valence-corrected chi connectivity index (χ1v) is 7.25.